The first-order valence-corrected chi connectivity index (χ1v) is 5.12. The van der Waals surface area contributed by atoms with Crippen molar-refractivity contribution in [2.24, 2.45) is 0 Å². The van der Waals surface area contributed by atoms with E-state index in [0.29, 0.717) is 11.4 Å². The predicted octanol–water partition coefficient (Wildman–Crippen LogP) is 1.54. The van der Waals surface area contributed by atoms with Gasteiger partial charge < -0.3 is 10.6 Å². The molecule has 4 nitrogen and oxygen atoms in total. The van der Waals surface area contributed by atoms with Crippen LogP contribution in [0.15, 0.2) is 18.3 Å². The van der Waals surface area contributed by atoms with Gasteiger partial charge in [0.15, 0.2) is 0 Å². The second kappa shape index (κ2) is 5.34. The quantitative estimate of drug-likeness (QED) is 0.814. The zero-order chi connectivity index (χ0) is 11.3. The Morgan fingerprint density at radius 2 is 2.27 bits per heavy atom. The van der Waals surface area contributed by atoms with Gasteiger partial charge in [-0.3, -0.25) is 4.79 Å². The highest BCUT2D eigenvalue weighted by atomic mass is 16.2. The number of anilines is 1. The fraction of sp³-hybridized carbons (Fsp3) is 0.455. The van der Waals surface area contributed by atoms with Crippen LogP contribution in [0.2, 0.25) is 0 Å². The van der Waals surface area contributed by atoms with Gasteiger partial charge in [-0.15, -0.1) is 0 Å². The van der Waals surface area contributed by atoms with Crippen LogP contribution in [0.25, 0.3) is 0 Å². The largest absolute Gasteiger partial charge is 0.384 e. The first kappa shape index (κ1) is 11.5. The van der Waals surface area contributed by atoms with Crippen molar-refractivity contribution in [1.82, 2.24) is 9.88 Å². The minimum absolute atomic E-state index is 0.00375. The van der Waals surface area contributed by atoms with Crippen LogP contribution in [0, 0.1) is 0 Å². The molecule has 0 saturated heterocycles. The van der Waals surface area contributed by atoms with Crippen LogP contribution in [0.1, 0.15) is 30.1 Å². The Morgan fingerprint density at radius 3 is 2.80 bits per heavy atom. The van der Waals surface area contributed by atoms with E-state index < -0.39 is 0 Å². The molecule has 0 aliphatic carbocycles. The van der Waals surface area contributed by atoms with Crippen molar-refractivity contribution in [2.45, 2.75) is 19.8 Å². The molecule has 0 atom stereocenters. The zero-order valence-corrected chi connectivity index (χ0v) is 9.23. The summed E-state index contributed by atoms with van der Waals surface area (Å²) >= 11 is 0. The van der Waals surface area contributed by atoms with Gasteiger partial charge in [0.05, 0.1) is 5.56 Å². The van der Waals surface area contributed by atoms with Crippen LogP contribution in [0.4, 0.5) is 5.82 Å². The summed E-state index contributed by atoms with van der Waals surface area (Å²) in [6, 6.07) is 3.34. The lowest BCUT2D eigenvalue weighted by atomic mass is 10.2. The molecule has 1 aromatic rings. The molecule has 2 N–H and O–H groups in total. The van der Waals surface area contributed by atoms with Gasteiger partial charge in [0.2, 0.25) is 0 Å². The summed E-state index contributed by atoms with van der Waals surface area (Å²) in [5.74, 6) is 0.429. The molecule has 1 aromatic heterocycles. The van der Waals surface area contributed by atoms with Crippen LogP contribution in [-0.2, 0) is 0 Å². The van der Waals surface area contributed by atoms with Crippen molar-refractivity contribution in [3.05, 3.63) is 23.9 Å². The average Bonchev–Trinajstić information content (AvgIpc) is 2.26. The van der Waals surface area contributed by atoms with Gasteiger partial charge >= 0.3 is 0 Å². The molecular formula is C11H17N3O. The highest BCUT2D eigenvalue weighted by molar-refractivity contribution is 5.93. The number of pyridine rings is 1. The Balaban J connectivity index is 2.63. The maximum Gasteiger partial charge on any atom is 0.255 e. The fourth-order valence-corrected chi connectivity index (χ4v) is 1.25. The lowest BCUT2D eigenvalue weighted by Crippen LogP contribution is -2.27. The second-order valence-electron chi connectivity index (χ2n) is 3.55. The summed E-state index contributed by atoms with van der Waals surface area (Å²) in [4.78, 5) is 17.4. The second-order valence-corrected chi connectivity index (χ2v) is 3.55. The minimum Gasteiger partial charge on any atom is -0.384 e. The normalized spacial score (nSPS) is 10.0. The summed E-state index contributed by atoms with van der Waals surface area (Å²) in [6.07, 6.45) is 3.61. The number of nitrogen functional groups attached to an aromatic ring is 1. The maximum absolute atomic E-state index is 11.8. The maximum atomic E-state index is 11.8. The standard InChI is InChI=1S/C11H17N3O/c1-3-4-7-14(2)11(15)9-5-6-10(12)13-8-9/h5-6,8H,3-4,7H2,1-2H3,(H2,12,13). The van der Waals surface area contributed by atoms with E-state index in [0.717, 1.165) is 19.4 Å². The number of nitrogens with two attached hydrogens (primary N) is 1. The monoisotopic (exact) mass is 207 g/mol. The van der Waals surface area contributed by atoms with Crippen LogP contribution < -0.4 is 5.73 Å². The Morgan fingerprint density at radius 1 is 1.53 bits per heavy atom. The van der Waals surface area contributed by atoms with Gasteiger partial charge in [0.1, 0.15) is 5.82 Å². The summed E-state index contributed by atoms with van der Waals surface area (Å²) in [5, 5.41) is 0. The summed E-state index contributed by atoms with van der Waals surface area (Å²) in [7, 11) is 1.80. The summed E-state index contributed by atoms with van der Waals surface area (Å²) in [6.45, 7) is 2.88. The molecule has 0 fully saturated rings. The molecule has 0 saturated carbocycles. The molecule has 0 aliphatic heterocycles. The van der Waals surface area contributed by atoms with Crippen LogP contribution in [0.3, 0.4) is 0 Å². The topological polar surface area (TPSA) is 59.2 Å². The zero-order valence-electron chi connectivity index (χ0n) is 9.23. The molecule has 0 aliphatic rings. The van der Waals surface area contributed by atoms with Crippen LogP contribution in [-0.4, -0.2) is 29.4 Å². The molecule has 0 aromatic carbocycles. The fourth-order valence-electron chi connectivity index (χ4n) is 1.25. The number of nitrogens with zero attached hydrogens (tertiary/aromatic N) is 2. The first-order valence-electron chi connectivity index (χ1n) is 5.12. The molecule has 1 amide bonds. The van der Waals surface area contributed by atoms with E-state index in [2.05, 4.69) is 11.9 Å². The van der Waals surface area contributed by atoms with Gasteiger partial charge in [0, 0.05) is 19.8 Å². The van der Waals surface area contributed by atoms with E-state index in [4.69, 9.17) is 5.73 Å². The Bertz CT molecular complexity index is 321. The van der Waals surface area contributed by atoms with Gasteiger partial charge in [-0.2, -0.15) is 0 Å². The highest BCUT2D eigenvalue weighted by Gasteiger charge is 2.10. The van der Waals surface area contributed by atoms with E-state index in [-0.39, 0.29) is 5.91 Å². The van der Waals surface area contributed by atoms with Crippen molar-refractivity contribution < 1.29 is 4.79 Å². The number of carbonyl (C=O) groups excluding carboxylic acids is 1. The minimum atomic E-state index is -0.00375. The number of hydrogen-bond donors (Lipinski definition) is 1. The Kier molecular flexibility index (Phi) is 4.09. The van der Waals surface area contributed by atoms with Crippen LogP contribution >= 0.6 is 0 Å². The predicted molar refractivity (Wildman–Crippen MR) is 60.5 cm³/mol. The number of carbonyl (C=O) groups is 1. The van der Waals surface area contributed by atoms with Crippen molar-refractivity contribution >= 4 is 11.7 Å². The van der Waals surface area contributed by atoms with E-state index in [1.165, 1.54) is 6.20 Å². The number of hydrogen-bond acceptors (Lipinski definition) is 3. The lowest BCUT2D eigenvalue weighted by molar-refractivity contribution is 0.0793. The average molecular weight is 207 g/mol. The van der Waals surface area contributed by atoms with E-state index in [9.17, 15) is 4.79 Å². The molecule has 0 unspecified atom stereocenters. The van der Waals surface area contributed by atoms with Gasteiger partial charge in [-0.25, -0.2) is 4.98 Å². The van der Waals surface area contributed by atoms with Crippen molar-refractivity contribution in [1.29, 1.82) is 0 Å². The molecule has 1 heterocycles. The van der Waals surface area contributed by atoms with Crippen molar-refractivity contribution in [3.8, 4) is 0 Å². The number of aromatic nitrogens is 1. The third-order valence-corrected chi connectivity index (χ3v) is 2.23. The van der Waals surface area contributed by atoms with Crippen molar-refractivity contribution in [3.63, 3.8) is 0 Å². The lowest BCUT2D eigenvalue weighted by Gasteiger charge is -2.16. The molecule has 1 rings (SSSR count). The Hall–Kier alpha value is -1.58. The highest BCUT2D eigenvalue weighted by Crippen LogP contribution is 2.05. The van der Waals surface area contributed by atoms with E-state index in [1.807, 2.05) is 0 Å². The third kappa shape index (κ3) is 3.23. The Labute approximate surface area is 90.1 Å². The molecule has 4 heteroatoms. The summed E-state index contributed by atoms with van der Waals surface area (Å²) in [5.41, 5.74) is 6.03. The third-order valence-electron chi connectivity index (χ3n) is 2.23. The molecular weight excluding hydrogens is 190 g/mol. The van der Waals surface area contributed by atoms with Crippen LogP contribution in [0.5, 0.6) is 0 Å². The summed E-state index contributed by atoms with van der Waals surface area (Å²) < 4.78 is 0. The number of rotatable bonds is 4. The molecule has 82 valence electrons. The van der Waals surface area contributed by atoms with Gasteiger partial charge in [-0.05, 0) is 18.6 Å². The molecule has 0 bridgehead atoms. The van der Waals surface area contributed by atoms with E-state index >= 15 is 0 Å². The SMILES string of the molecule is CCCCN(C)C(=O)c1ccc(N)nc1. The molecule has 0 radical (unpaired) electrons. The number of unbranched alkanes of at least 4 members (excludes halogenated alkanes) is 1. The van der Waals surface area contributed by atoms with Gasteiger partial charge in [0.25, 0.3) is 5.91 Å². The van der Waals surface area contributed by atoms with Crippen molar-refractivity contribution in [2.75, 3.05) is 19.3 Å². The molecule has 15 heavy (non-hydrogen) atoms. The number of amides is 1. The smallest absolute Gasteiger partial charge is 0.255 e. The first-order chi connectivity index (χ1) is 7.15. The van der Waals surface area contributed by atoms with E-state index in [1.54, 1.807) is 24.1 Å². The molecule has 0 spiro atoms. The van der Waals surface area contributed by atoms with Gasteiger partial charge in [-0.1, -0.05) is 13.3 Å².